The zero-order valence-corrected chi connectivity index (χ0v) is 17.8. The molecular weight excluding hydrogens is 441 g/mol. The number of amidine groups is 1. The van der Waals surface area contributed by atoms with E-state index in [0.29, 0.717) is 5.69 Å². The van der Waals surface area contributed by atoms with E-state index in [0.717, 1.165) is 4.47 Å². The maximum absolute atomic E-state index is 14.7. The van der Waals surface area contributed by atoms with Gasteiger partial charge in [0, 0.05) is 28.0 Å². The predicted octanol–water partition coefficient (Wildman–Crippen LogP) is 3.06. The number of amides is 2. The molecule has 29 heavy (non-hydrogen) atoms. The van der Waals surface area contributed by atoms with Gasteiger partial charge in [-0.1, -0.05) is 0 Å². The van der Waals surface area contributed by atoms with Gasteiger partial charge in [0.1, 0.15) is 17.1 Å². The SMILES string of the molecule is CC(C)N1CC(C)(c2cc(NC(=O)c3ccc(Br)cn3)ccc2F)N=C(N)C1=O. The van der Waals surface area contributed by atoms with Crippen molar-refractivity contribution in [2.45, 2.75) is 32.4 Å². The maximum Gasteiger partial charge on any atom is 0.289 e. The molecule has 1 atom stereocenters. The van der Waals surface area contributed by atoms with E-state index in [4.69, 9.17) is 5.73 Å². The van der Waals surface area contributed by atoms with Gasteiger partial charge < -0.3 is 16.0 Å². The van der Waals surface area contributed by atoms with Gasteiger partial charge in [0.25, 0.3) is 11.8 Å². The van der Waals surface area contributed by atoms with Crippen LogP contribution in [0.3, 0.4) is 0 Å². The van der Waals surface area contributed by atoms with Gasteiger partial charge in [0.05, 0.1) is 6.54 Å². The molecule has 3 N–H and O–H groups in total. The van der Waals surface area contributed by atoms with E-state index in [1.54, 1.807) is 24.0 Å². The minimum absolute atomic E-state index is 0.120. The summed E-state index contributed by atoms with van der Waals surface area (Å²) >= 11 is 3.27. The fraction of sp³-hybridized carbons (Fsp3) is 0.300. The van der Waals surface area contributed by atoms with Crippen LogP contribution in [-0.2, 0) is 10.3 Å². The third-order valence-electron chi connectivity index (χ3n) is 4.71. The fourth-order valence-corrected chi connectivity index (χ4v) is 3.42. The summed E-state index contributed by atoms with van der Waals surface area (Å²) in [5.74, 6) is -1.46. The number of halogens is 2. The third kappa shape index (κ3) is 4.29. The van der Waals surface area contributed by atoms with Crippen LogP contribution in [0.5, 0.6) is 0 Å². The normalized spacial score (nSPS) is 19.3. The van der Waals surface area contributed by atoms with Crippen LogP contribution in [0.2, 0.25) is 0 Å². The lowest BCUT2D eigenvalue weighted by atomic mass is 9.89. The topological polar surface area (TPSA) is 101 Å². The molecule has 7 nitrogen and oxygen atoms in total. The van der Waals surface area contributed by atoms with Crippen molar-refractivity contribution >= 4 is 39.3 Å². The molecule has 1 unspecified atom stereocenters. The summed E-state index contributed by atoms with van der Waals surface area (Å²) < 4.78 is 15.5. The number of aliphatic imine (C=N–C) groups is 1. The fourth-order valence-electron chi connectivity index (χ4n) is 3.18. The number of anilines is 1. The smallest absolute Gasteiger partial charge is 0.289 e. The van der Waals surface area contributed by atoms with Crippen molar-refractivity contribution in [2.24, 2.45) is 10.7 Å². The number of pyridine rings is 1. The van der Waals surface area contributed by atoms with Crippen molar-refractivity contribution in [2.75, 3.05) is 11.9 Å². The summed E-state index contributed by atoms with van der Waals surface area (Å²) in [4.78, 5) is 34.6. The highest BCUT2D eigenvalue weighted by Gasteiger charge is 2.40. The predicted molar refractivity (Wildman–Crippen MR) is 112 cm³/mol. The Morgan fingerprint density at radius 1 is 1.34 bits per heavy atom. The number of benzene rings is 1. The summed E-state index contributed by atoms with van der Waals surface area (Å²) in [6, 6.07) is 7.38. The number of nitrogens with two attached hydrogens (primary N) is 1. The number of nitrogens with one attached hydrogen (secondary N) is 1. The first kappa shape index (κ1) is 20.9. The van der Waals surface area contributed by atoms with Gasteiger partial charge in [-0.05, 0) is 67.0 Å². The second kappa shape index (κ2) is 7.90. The van der Waals surface area contributed by atoms with E-state index in [2.05, 4.69) is 31.2 Å². The van der Waals surface area contributed by atoms with Gasteiger partial charge in [-0.15, -0.1) is 0 Å². The molecule has 0 aliphatic carbocycles. The van der Waals surface area contributed by atoms with Crippen LogP contribution in [-0.4, -0.2) is 40.1 Å². The van der Waals surface area contributed by atoms with Crippen molar-refractivity contribution < 1.29 is 14.0 Å². The molecule has 152 valence electrons. The van der Waals surface area contributed by atoms with Crippen LogP contribution >= 0.6 is 15.9 Å². The van der Waals surface area contributed by atoms with E-state index >= 15 is 0 Å². The number of carbonyl (C=O) groups is 2. The first-order valence-corrected chi connectivity index (χ1v) is 9.79. The summed E-state index contributed by atoms with van der Waals surface area (Å²) in [6.45, 7) is 5.60. The molecule has 0 spiro atoms. The lowest BCUT2D eigenvalue weighted by molar-refractivity contribution is -0.127. The second-order valence-electron chi connectivity index (χ2n) is 7.31. The standard InChI is InChI=1S/C20H21BrFN5O2/c1-11(2)27-10-20(3,26-17(23)19(27)29)14-8-13(5-6-15(14)22)25-18(28)16-7-4-12(21)9-24-16/h4-9,11H,10H2,1-3H3,(H2,23,26)(H,25,28). The van der Waals surface area contributed by atoms with Crippen LogP contribution < -0.4 is 11.1 Å². The molecule has 1 aliphatic rings. The molecule has 3 rings (SSSR count). The molecule has 0 saturated heterocycles. The van der Waals surface area contributed by atoms with Crippen molar-refractivity contribution in [3.05, 3.63) is 58.1 Å². The maximum atomic E-state index is 14.7. The van der Waals surface area contributed by atoms with E-state index in [1.165, 1.54) is 24.4 Å². The van der Waals surface area contributed by atoms with E-state index < -0.39 is 17.3 Å². The highest BCUT2D eigenvalue weighted by atomic mass is 79.9. The second-order valence-corrected chi connectivity index (χ2v) is 8.22. The lowest BCUT2D eigenvalue weighted by Crippen LogP contribution is -2.54. The molecule has 2 heterocycles. The van der Waals surface area contributed by atoms with Crippen LogP contribution in [0.4, 0.5) is 10.1 Å². The number of carbonyl (C=O) groups excluding carboxylic acids is 2. The Morgan fingerprint density at radius 3 is 2.69 bits per heavy atom. The Morgan fingerprint density at radius 2 is 2.07 bits per heavy atom. The number of rotatable bonds is 4. The average Bonchev–Trinajstić information content (AvgIpc) is 2.66. The van der Waals surface area contributed by atoms with E-state index in [1.807, 2.05) is 13.8 Å². The van der Waals surface area contributed by atoms with Crippen molar-refractivity contribution in [3.63, 3.8) is 0 Å². The van der Waals surface area contributed by atoms with E-state index in [9.17, 15) is 14.0 Å². The zero-order valence-electron chi connectivity index (χ0n) is 16.2. The molecule has 1 aromatic heterocycles. The number of aromatic nitrogens is 1. The molecule has 1 aliphatic heterocycles. The Labute approximate surface area is 176 Å². The highest BCUT2D eigenvalue weighted by Crippen LogP contribution is 2.34. The van der Waals surface area contributed by atoms with Gasteiger partial charge in [-0.3, -0.25) is 14.6 Å². The Balaban J connectivity index is 1.93. The summed E-state index contributed by atoms with van der Waals surface area (Å²) in [6.07, 6.45) is 1.52. The highest BCUT2D eigenvalue weighted by molar-refractivity contribution is 9.10. The minimum atomic E-state index is -1.08. The molecule has 2 amide bonds. The Bertz CT molecular complexity index is 993. The first-order chi connectivity index (χ1) is 13.6. The van der Waals surface area contributed by atoms with Crippen LogP contribution in [0.25, 0.3) is 0 Å². The molecular formula is C20H21BrFN5O2. The van der Waals surface area contributed by atoms with Gasteiger partial charge >= 0.3 is 0 Å². The average molecular weight is 462 g/mol. The van der Waals surface area contributed by atoms with Gasteiger partial charge in [-0.2, -0.15) is 0 Å². The molecule has 0 radical (unpaired) electrons. The largest absolute Gasteiger partial charge is 0.379 e. The lowest BCUT2D eigenvalue weighted by Gasteiger charge is -2.39. The van der Waals surface area contributed by atoms with Crippen LogP contribution in [0, 0.1) is 5.82 Å². The van der Waals surface area contributed by atoms with Crippen molar-refractivity contribution in [1.82, 2.24) is 9.88 Å². The summed E-state index contributed by atoms with van der Waals surface area (Å²) in [5.41, 5.74) is 5.60. The Hall–Kier alpha value is -2.81. The first-order valence-electron chi connectivity index (χ1n) is 9.00. The van der Waals surface area contributed by atoms with Crippen molar-refractivity contribution in [1.29, 1.82) is 0 Å². The molecule has 2 aromatic rings. The van der Waals surface area contributed by atoms with Crippen LogP contribution in [0.1, 0.15) is 36.8 Å². The minimum Gasteiger partial charge on any atom is -0.379 e. The molecule has 1 aromatic carbocycles. The zero-order chi connectivity index (χ0) is 21.3. The van der Waals surface area contributed by atoms with Gasteiger partial charge in [-0.25, -0.2) is 9.37 Å². The summed E-state index contributed by atoms with van der Waals surface area (Å²) in [7, 11) is 0. The quantitative estimate of drug-likeness (QED) is 0.730. The molecule has 9 heteroatoms. The number of nitrogens with zero attached hydrogens (tertiary/aromatic N) is 3. The Kier molecular flexibility index (Phi) is 5.70. The summed E-state index contributed by atoms with van der Waals surface area (Å²) in [5, 5.41) is 2.71. The molecule has 0 saturated carbocycles. The monoisotopic (exact) mass is 461 g/mol. The molecule has 0 bridgehead atoms. The van der Waals surface area contributed by atoms with Gasteiger partial charge in [0.2, 0.25) is 0 Å². The third-order valence-corrected chi connectivity index (χ3v) is 5.18. The number of hydrogen-bond donors (Lipinski definition) is 2. The molecule has 0 fully saturated rings. The van der Waals surface area contributed by atoms with Crippen molar-refractivity contribution in [3.8, 4) is 0 Å². The van der Waals surface area contributed by atoms with Gasteiger partial charge in [0.15, 0.2) is 5.84 Å². The number of hydrogen-bond acceptors (Lipinski definition) is 5. The van der Waals surface area contributed by atoms with E-state index in [-0.39, 0.29) is 35.6 Å². The van der Waals surface area contributed by atoms with Crippen LogP contribution in [0.15, 0.2) is 46.0 Å².